The number of hydrogen-bond acceptors (Lipinski definition) is 4. The highest BCUT2D eigenvalue weighted by Gasteiger charge is 2.43. The number of nitrogens with zero attached hydrogens (tertiary/aromatic N) is 2. The van der Waals surface area contributed by atoms with E-state index in [4.69, 9.17) is 9.15 Å². The molecular weight excluding hydrogens is 334 g/mol. The molecule has 2 amide bonds. The molecule has 4 rings (SSSR count). The Morgan fingerprint density at radius 1 is 1.23 bits per heavy atom. The highest BCUT2D eigenvalue weighted by Crippen LogP contribution is 2.32. The second-order valence-corrected chi connectivity index (χ2v) is 6.90. The van der Waals surface area contributed by atoms with Crippen LogP contribution in [-0.4, -0.2) is 46.1 Å². The van der Waals surface area contributed by atoms with Crippen LogP contribution in [0.1, 0.15) is 35.5 Å². The van der Waals surface area contributed by atoms with Gasteiger partial charge in [0.1, 0.15) is 17.6 Å². The fourth-order valence-corrected chi connectivity index (χ4v) is 3.90. The fraction of sp³-hybridized carbons (Fsp3) is 0.474. The summed E-state index contributed by atoms with van der Waals surface area (Å²) in [6.07, 6.45) is 5.07. The van der Waals surface area contributed by atoms with Crippen LogP contribution in [0, 0.1) is 0 Å². The van der Waals surface area contributed by atoms with Crippen molar-refractivity contribution in [1.29, 1.82) is 0 Å². The third-order valence-electron chi connectivity index (χ3n) is 5.28. The third kappa shape index (κ3) is 3.14. The van der Waals surface area contributed by atoms with Crippen molar-refractivity contribution in [2.24, 2.45) is 7.05 Å². The van der Waals surface area contributed by atoms with Gasteiger partial charge in [0.2, 0.25) is 5.91 Å². The maximum absolute atomic E-state index is 12.8. The van der Waals surface area contributed by atoms with Crippen LogP contribution in [0.25, 0.3) is 0 Å². The van der Waals surface area contributed by atoms with Crippen molar-refractivity contribution in [2.45, 2.75) is 44.1 Å². The topological polar surface area (TPSA) is 76.7 Å². The summed E-state index contributed by atoms with van der Waals surface area (Å²) < 4.78 is 13.1. The van der Waals surface area contributed by atoms with Crippen LogP contribution in [0.15, 0.2) is 41.1 Å². The van der Waals surface area contributed by atoms with Gasteiger partial charge in [0.25, 0.3) is 5.91 Å². The lowest BCUT2D eigenvalue weighted by Crippen LogP contribution is -2.49. The number of aryl methyl sites for hydroxylation is 1. The van der Waals surface area contributed by atoms with Gasteiger partial charge in [0, 0.05) is 19.8 Å². The average molecular weight is 357 g/mol. The lowest BCUT2D eigenvalue weighted by atomic mass is 9.98. The molecule has 2 aromatic heterocycles. The second-order valence-electron chi connectivity index (χ2n) is 6.90. The quantitative estimate of drug-likeness (QED) is 0.904. The molecule has 0 spiro atoms. The summed E-state index contributed by atoms with van der Waals surface area (Å²) >= 11 is 0. The number of carbonyl (C=O) groups excluding carboxylic acids is 2. The summed E-state index contributed by atoms with van der Waals surface area (Å²) in [6.45, 7) is 1.03. The van der Waals surface area contributed by atoms with Crippen molar-refractivity contribution in [3.05, 3.63) is 48.2 Å². The van der Waals surface area contributed by atoms with Gasteiger partial charge < -0.3 is 23.9 Å². The standard InChI is InChI=1S/C19H23N3O4/c1-21-9-2-5-15(21)19(24)22-10-8-16-14(22)6-7-17(26-16)18(23)20-12-13-4-3-11-25-13/h2-5,9,11,14,16-17H,6-8,10,12H2,1H3,(H,20,23)/t14-,16-,17-/m0/s1. The minimum absolute atomic E-state index is 0.0364. The van der Waals surface area contributed by atoms with E-state index >= 15 is 0 Å². The first-order chi connectivity index (χ1) is 12.6. The number of furan rings is 1. The molecule has 0 bridgehead atoms. The molecule has 7 heteroatoms. The first-order valence-electron chi connectivity index (χ1n) is 9.01. The molecule has 2 aliphatic rings. The molecule has 0 saturated carbocycles. The molecule has 26 heavy (non-hydrogen) atoms. The molecule has 2 saturated heterocycles. The Morgan fingerprint density at radius 3 is 2.85 bits per heavy atom. The Labute approximate surface area is 151 Å². The summed E-state index contributed by atoms with van der Waals surface area (Å²) in [5.41, 5.74) is 0.684. The molecule has 0 radical (unpaired) electrons. The Morgan fingerprint density at radius 2 is 2.12 bits per heavy atom. The Bertz CT molecular complexity index is 783. The van der Waals surface area contributed by atoms with E-state index in [1.165, 1.54) is 0 Å². The van der Waals surface area contributed by atoms with Gasteiger partial charge in [0.05, 0.1) is 25.0 Å². The number of fused-ring (bicyclic) bond motifs is 1. The molecular formula is C19H23N3O4. The van der Waals surface area contributed by atoms with Crippen LogP contribution >= 0.6 is 0 Å². The normalized spacial score (nSPS) is 25.1. The molecule has 0 aliphatic carbocycles. The zero-order valence-corrected chi connectivity index (χ0v) is 14.8. The predicted molar refractivity (Wildman–Crippen MR) is 93.3 cm³/mol. The van der Waals surface area contributed by atoms with Crippen LogP contribution in [0.2, 0.25) is 0 Å². The second kappa shape index (κ2) is 6.99. The number of amides is 2. The van der Waals surface area contributed by atoms with E-state index in [1.807, 2.05) is 40.9 Å². The van der Waals surface area contributed by atoms with Crippen molar-refractivity contribution in [1.82, 2.24) is 14.8 Å². The number of rotatable bonds is 4. The van der Waals surface area contributed by atoms with Crippen molar-refractivity contribution in [3.8, 4) is 0 Å². The monoisotopic (exact) mass is 357 g/mol. The van der Waals surface area contributed by atoms with Gasteiger partial charge in [-0.25, -0.2) is 0 Å². The summed E-state index contributed by atoms with van der Waals surface area (Å²) in [6, 6.07) is 7.37. The lowest BCUT2D eigenvalue weighted by Gasteiger charge is -2.35. The molecule has 4 heterocycles. The van der Waals surface area contributed by atoms with Gasteiger partial charge in [-0.3, -0.25) is 9.59 Å². The number of hydrogen-bond donors (Lipinski definition) is 1. The maximum atomic E-state index is 12.8. The van der Waals surface area contributed by atoms with Crippen LogP contribution in [0.5, 0.6) is 0 Å². The summed E-state index contributed by atoms with van der Waals surface area (Å²) in [4.78, 5) is 27.1. The van der Waals surface area contributed by atoms with E-state index in [0.717, 1.165) is 12.8 Å². The first-order valence-corrected chi connectivity index (χ1v) is 9.01. The Balaban J connectivity index is 1.35. The van der Waals surface area contributed by atoms with E-state index in [-0.39, 0.29) is 24.0 Å². The van der Waals surface area contributed by atoms with Crippen LogP contribution in [0.3, 0.4) is 0 Å². The zero-order valence-electron chi connectivity index (χ0n) is 14.8. The van der Waals surface area contributed by atoms with E-state index in [0.29, 0.717) is 31.0 Å². The lowest BCUT2D eigenvalue weighted by molar-refractivity contribution is -0.143. The molecule has 138 valence electrons. The molecule has 0 aromatic carbocycles. The largest absolute Gasteiger partial charge is 0.467 e. The van der Waals surface area contributed by atoms with Crippen molar-refractivity contribution in [3.63, 3.8) is 0 Å². The van der Waals surface area contributed by atoms with Gasteiger partial charge in [0.15, 0.2) is 0 Å². The van der Waals surface area contributed by atoms with E-state index in [1.54, 1.807) is 12.3 Å². The molecule has 2 aromatic rings. The van der Waals surface area contributed by atoms with Gasteiger partial charge in [-0.2, -0.15) is 0 Å². The molecule has 0 unspecified atom stereocenters. The number of nitrogens with one attached hydrogen (secondary N) is 1. The van der Waals surface area contributed by atoms with Crippen LogP contribution < -0.4 is 5.32 Å². The molecule has 2 aliphatic heterocycles. The summed E-state index contributed by atoms with van der Waals surface area (Å²) in [5.74, 6) is 0.633. The number of carbonyl (C=O) groups is 2. The summed E-state index contributed by atoms with van der Waals surface area (Å²) in [5, 5.41) is 2.86. The zero-order chi connectivity index (χ0) is 18.1. The van der Waals surface area contributed by atoms with Gasteiger partial charge in [-0.1, -0.05) is 0 Å². The van der Waals surface area contributed by atoms with Gasteiger partial charge >= 0.3 is 0 Å². The fourth-order valence-electron chi connectivity index (χ4n) is 3.90. The van der Waals surface area contributed by atoms with E-state index in [2.05, 4.69) is 5.32 Å². The Kier molecular flexibility index (Phi) is 4.55. The third-order valence-corrected chi connectivity index (χ3v) is 5.28. The SMILES string of the molecule is Cn1cccc1C(=O)N1CC[C@@H]2O[C@H](C(=O)NCc3ccco3)CC[C@@H]21. The van der Waals surface area contributed by atoms with E-state index < -0.39 is 6.10 Å². The Hall–Kier alpha value is -2.54. The molecule has 1 N–H and O–H groups in total. The predicted octanol–water partition coefficient (Wildman–Crippen LogP) is 1.70. The number of likely N-dealkylation sites (tertiary alicyclic amines) is 1. The van der Waals surface area contributed by atoms with Crippen molar-refractivity contribution < 1.29 is 18.7 Å². The van der Waals surface area contributed by atoms with Gasteiger partial charge in [-0.15, -0.1) is 0 Å². The molecule has 7 nitrogen and oxygen atoms in total. The number of ether oxygens (including phenoxy) is 1. The van der Waals surface area contributed by atoms with Gasteiger partial charge in [-0.05, 0) is 43.5 Å². The molecule has 2 fully saturated rings. The van der Waals surface area contributed by atoms with Crippen LogP contribution in [0.4, 0.5) is 0 Å². The van der Waals surface area contributed by atoms with Crippen molar-refractivity contribution in [2.75, 3.05) is 6.54 Å². The smallest absolute Gasteiger partial charge is 0.270 e. The highest BCUT2D eigenvalue weighted by molar-refractivity contribution is 5.93. The maximum Gasteiger partial charge on any atom is 0.270 e. The first kappa shape index (κ1) is 16.9. The summed E-state index contributed by atoms with van der Waals surface area (Å²) in [7, 11) is 1.87. The highest BCUT2D eigenvalue weighted by atomic mass is 16.5. The molecule has 3 atom stereocenters. The van der Waals surface area contributed by atoms with E-state index in [9.17, 15) is 9.59 Å². The minimum Gasteiger partial charge on any atom is -0.467 e. The number of aromatic nitrogens is 1. The average Bonchev–Trinajstić information content (AvgIpc) is 3.39. The van der Waals surface area contributed by atoms with Crippen LogP contribution in [-0.2, 0) is 23.1 Å². The minimum atomic E-state index is -0.462. The van der Waals surface area contributed by atoms with Crippen molar-refractivity contribution >= 4 is 11.8 Å².